The molecule has 0 aliphatic rings. The van der Waals surface area contributed by atoms with Crippen molar-refractivity contribution in [3.05, 3.63) is 35.4 Å². The zero-order chi connectivity index (χ0) is 17.5. The Hall–Kier alpha value is -2.08. The summed E-state index contributed by atoms with van der Waals surface area (Å²) < 4.78 is 10.2. The Labute approximate surface area is 136 Å². The van der Waals surface area contributed by atoms with E-state index < -0.39 is 23.7 Å². The van der Waals surface area contributed by atoms with Gasteiger partial charge in [-0.25, -0.2) is 9.59 Å². The second-order valence-electron chi connectivity index (χ2n) is 6.06. The van der Waals surface area contributed by atoms with Gasteiger partial charge in [0.15, 0.2) is 0 Å². The molecule has 0 bridgehead atoms. The van der Waals surface area contributed by atoms with E-state index in [0.29, 0.717) is 24.2 Å². The molecule has 0 aliphatic heterocycles. The van der Waals surface area contributed by atoms with Gasteiger partial charge < -0.3 is 19.9 Å². The van der Waals surface area contributed by atoms with Crippen LogP contribution >= 0.6 is 0 Å². The highest BCUT2D eigenvalue weighted by Gasteiger charge is 2.21. The topological polar surface area (TPSA) is 84.9 Å². The Morgan fingerprint density at radius 2 is 2.00 bits per heavy atom. The molecule has 2 N–H and O–H groups in total. The number of amides is 1. The molecule has 0 unspecified atom stereocenters. The molecule has 0 spiro atoms. The molecule has 1 aromatic rings. The van der Waals surface area contributed by atoms with E-state index in [1.807, 2.05) is 0 Å². The van der Waals surface area contributed by atoms with Gasteiger partial charge in [-0.1, -0.05) is 12.1 Å². The van der Waals surface area contributed by atoms with Crippen molar-refractivity contribution in [3.63, 3.8) is 0 Å². The molecule has 0 heterocycles. The highest BCUT2D eigenvalue weighted by atomic mass is 16.6. The van der Waals surface area contributed by atoms with Crippen molar-refractivity contribution >= 4 is 12.1 Å². The van der Waals surface area contributed by atoms with Crippen LogP contribution in [0.1, 0.15) is 56.1 Å². The molecular formula is C17H25NO5. The molecule has 1 atom stereocenters. The SMILES string of the molecule is CCOC(=O)c1cccc([C@@H](CCO)NC(=O)OC(C)(C)C)c1. The fourth-order valence-electron chi connectivity index (χ4n) is 2.00. The number of nitrogens with one attached hydrogen (secondary N) is 1. The molecule has 0 saturated heterocycles. The first-order valence-electron chi connectivity index (χ1n) is 7.64. The van der Waals surface area contributed by atoms with Crippen LogP contribution in [0.15, 0.2) is 24.3 Å². The molecule has 0 saturated carbocycles. The number of aliphatic hydroxyl groups excluding tert-OH is 1. The van der Waals surface area contributed by atoms with Crippen LogP contribution in [0.4, 0.5) is 4.79 Å². The van der Waals surface area contributed by atoms with Crippen LogP contribution in [-0.4, -0.2) is 36.0 Å². The minimum atomic E-state index is -0.610. The Morgan fingerprint density at radius 3 is 2.57 bits per heavy atom. The van der Waals surface area contributed by atoms with Gasteiger partial charge in [-0.3, -0.25) is 0 Å². The van der Waals surface area contributed by atoms with Crippen molar-refractivity contribution in [1.82, 2.24) is 5.32 Å². The maximum atomic E-state index is 11.9. The Kier molecular flexibility index (Phi) is 7.03. The summed E-state index contributed by atoms with van der Waals surface area (Å²) >= 11 is 0. The van der Waals surface area contributed by atoms with E-state index in [0.717, 1.165) is 0 Å². The Bertz CT molecular complexity index is 536. The number of esters is 1. The van der Waals surface area contributed by atoms with E-state index in [1.165, 1.54) is 0 Å². The number of carbonyl (C=O) groups excluding carboxylic acids is 2. The number of carbonyl (C=O) groups is 2. The minimum absolute atomic E-state index is 0.107. The molecule has 0 aromatic heterocycles. The predicted molar refractivity (Wildman–Crippen MR) is 86.2 cm³/mol. The zero-order valence-electron chi connectivity index (χ0n) is 14.1. The molecule has 23 heavy (non-hydrogen) atoms. The highest BCUT2D eigenvalue weighted by Crippen LogP contribution is 2.19. The normalized spacial score (nSPS) is 12.4. The van der Waals surface area contributed by atoms with Crippen molar-refractivity contribution < 1.29 is 24.2 Å². The lowest BCUT2D eigenvalue weighted by Crippen LogP contribution is -2.35. The molecule has 0 aliphatic carbocycles. The van der Waals surface area contributed by atoms with E-state index in [9.17, 15) is 14.7 Å². The highest BCUT2D eigenvalue weighted by molar-refractivity contribution is 5.89. The third kappa shape index (κ3) is 6.69. The number of alkyl carbamates (subject to hydrolysis) is 1. The van der Waals surface area contributed by atoms with Gasteiger partial charge in [0.1, 0.15) is 5.60 Å². The molecular weight excluding hydrogens is 298 g/mol. The van der Waals surface area contributed by atoms with Crippen molar-refractivity contribution in [1.29, 1.82) is 0 Å². The van der Waals surface area contributed by atoms with Crippen LogP contribution in [0.2, 0.25) is 0 Å². The van der Waals surface area contributed by atoms with Gasteiger partial charge in [-0.15, -0.1) is 0 Å². The number of hydrogen-bond donors (Lipinski definition) is 2. The zero-order valence-corrected chi connectivity index (χ0v) is 14.1. The Morgan fingerprint density at radius 1 is 1.30 bits per heavy atom. The van der Waals surface area contributed by atoms with Gasteiger partial charge >= 0.3 is 12.1 Å². The van der Waals surface area contributed by atoms with E-state index in [1.54, 1.807) is 52.0 Å². The average molecular weight is 323 g/mol. The smallest absolute Gasteiger partial charge is 0.408 e. The molecule has 1 amide bonds. The van der Waals surface area contributed by atoms with Gasteiger partial charge in [-0.2, -0.15) is 0 Å². The number of rotatable bonds is 6. The van der Waals surface area contributed by atoms with Crippen LogP contribution in [0.3, 0.4) is 0 Å². The monoisotopic (exact) mass is 323 g/mol. The van der Waals surface area contributed by atoms with Crippen LogP contribution in [-0.2, 0) is 9.47 Å². The lowest BCUT2D eigenvalue weighted by molar-refractivity contribution is 0.0495. The van der Waals surface area contributed by atoms with E-state index in [2.05, 4.69) is 5.32 Å². The summed E-state index contributed by atoms with van der Waals surface area (Å²) in [5.41, 5.74) is 0.495. The van der Waals surface area contributed by atoms with Gasteiger partial charge in [0.05, 0.1) is 18.2 Å². The summed E-state index contributed by atoms with van der Waals surface area (Å²) in [6.45, 7) is 7.24. The first-order valence-corrected chi connectivity index (χ1v) is 7.64. The first-order chi connectivity index (χ1) is 10.8. The summed E-state index contributed by atoms with van der Waals surface area (Å²) in [6.07, 6.45) is -0.261. The van der Waals surface area contributed by atoms with E-state index >= 15 is 0 Å². The lowest BCUT2D eigenvalue weighted by atomic mass is 10.0. The van der Waals surface area contributed by atoms with Crippen molar-refractivity contribution in [3.8, 4) is 0 Å². The standard InChI is InChI=1S/C17H25NO5/c1-5-22-15(20)13-8-6-7-12(11-13)14(9-10-19)18-16(21)23-17(2,3)4/h6-8,11,14,19H,5,9-10H2,1-4H3,(H,18,21)/t14-/m1/s1. The van der Waals surface area contributed by atoms with Gasteiger partial charge in [0, 0.05) is 6.61 Å². The number of hydrogen-bond acceptors (Lipinski definition) is 5. The fourth-order valence-corrected chi connectivity index (χ4v) is 2.00. The molecule has 0 radical (unpaired) electrons. The molecule has 0 fully saturated rings. The summed E-state index contributed by atoms with van der Waals surface area (Å²) in [6, 6.07) is 6.33. The molecule has 6 nitrogen and oxygen atoms in total. The minimum Gasteiger partial charge on any atom is -0.462 e. The fraction of sp³-hybridized carbons (Fsp3) is 0.529. The van der Waals surface area contributed by atoms with Gasteiger partial charge in [0.25, 0.3) is 0 Å². The maximum Gasteiger partial charge on any atom is 0.408 e. The van der Waals surface area contributed by atoms with Crippen molar-refractivity contribution in [2.45, 2.75) is 45.8 Å². The van der Waals surface area contributed by atoms with Gasteiger partial charge in [-0.05, 0) is 51.8 Å². The maximum absolute atomic E-state index is 11.9. The quantitative estimate of drug-likeness (QED) is 0.786. The van der Waals surface area contributed by atoms with Crippen molar-refractivity contribution in [2.75, 3.05) is 13.2 Å². The largest absolute Gasteiger partial charge is 0.462 e. The van der Waals surface area contributed by atoms with E-state index in [-0.39, 0.29) is 6.61 Å². The second kappa shape index (κ2) is 8.53. The van der Waals surface area contributed by atoms with Crippen LogP contribution < -0.4 is 5.32 Å². The average Bonchev–Trinajstić information content (AvgIpc) is 2.45. The van der Waals surface area contributed by atoms with Crippen LogP contribution in [0.25, 0.3) is 0 Å². The lowest BCUT2D eigenvalue weighted by Gasteiger charge is -2.23. The number of ether oxygens (including phenoxy) is 2. The van der Waals surface area contributed by atoms with Gasteiger partial charge in [0.2, 0.25) is 0 Å². The number of aliphatic hydroxyl groups is 1. The van der Waals surface area contributed by atoms with Crippen LogP contribution in [0, 0.1) is 0 Å². The van der Waals surface area contributed by atoms with Crippen molar-refractivity contribution in [2.24, 2.45) is 0 Å². The van der Waals surface area contributed by atoms with E-state index in [4.69, 9.17) is 9.47 Å². The number of benzene rings is 1. The summed E-state index contributed by atoms with van der Waals surface area (Å²) in [4.78, 5) is 23.7. The predicted octanol–water partition coefficient (Wildman–Crippen LogP) is 2.81. The first kappa shape index (κ1) is 19.0. The third-order valence-corrected chi connectivity index (χ3v) is 2.91. The summed E-state index contributed by atoms with van der Waals surface area (Å²) in [5, 5.41) is 11.9. The molecule has 1 rings (SSSR count). The third-order valence-electron chi connectivity index (χ3n) is 2.91. The summed E-state index contributed by atoms with van der Waals surface area (Å²) in [5.74, 6) is -0.422. The molecule has 6 heteroatoms. The Balaban J connectivity index is 2.90. The molecule has 1 aromatic carbocycles. The second-order valence-corrected chi connectivity index (χ2v) is 6.06. The summed E-state index contributed by atoms with van der Waals surface area (Å²) in [7, 11) is 0. The molecule has 128 valence electrons. The van der Waals surface area contributed by atoms with Crippen LogP contribution in [0.5, 0.6) is 0 Å².